The topological polar surface area (TPSA) is 112 Å². The van der Waals surface area contributed by atoms with Crippen molar-refractivity contribution in [1.82, 2.24) is 4.57 Å². The van der Waals surface area contributed by atoms with E-state index in [1.807, 2.05) is 0 Å². The number of hydrogen-bond acceptors (Lipinski definition) is 6. The monoisotopic (exact) mass is 271 g/mol. The van der Waals surface area contributed by atoms with Crippen molar-refractivity contribution in [3.8, 4) is 5.75 Å². The van der Waals surface area contributed by atoms with E-state index in [2.05, 4.69) is 0 Å². The van der Waals surface area contributed by atoms with E-state index < -0.39 is 42.3 Å². The second-order valence-electron chi connectivity index (χ2n) is 4.46. The molecule has 0 amide bonds. The van der Waals surface area contributed by atoms with Crippen LogP contribution in [0.3, 0.4) is 0 Å². The molecule has 0 aliphatic carbocycles. The fraction of sp³-hybridized carbons (Fsp3) is 0.583. The summed E-state index contributed by atoms with van der Waals surface area (Å²) in [4.78, 5) is 11.4. The van der Waals surface area contributed by atoms with Crippen LogP contribution in [0.1, 0.15) is 18.8 Å². The van der Waals surface area contributed by atoms with Crippen molar-refractivity contribution >= 4 is 0 Å². The van der Waals surface area contributed by atoms with Crippen LogP contribution in [-0.2, 0) is 11.2 Å². The Morgan fingerprint density at radius 1 is 1.37 bits per heavy atom. The second-order valence-corrected chi connectivity index (χ2v) is 4.46. The van der Waals surface area contributed by atoms with E-state index in [1.165, 1.54) is 10.8 Å². The van der Waals surface area contributed by atoms with Gasteiger partial charge in [-0.05, 0) is 6.42 Å². The number of nitrogens with zero attached hydrogens (tertiary/aromatic N) is 1. The molecule has 4 atom stereocenters. The lowest BCUT2D eigenvalue weighted by molar-refractivity contribution is -0.0543. The number of pyridine rings is 1. The molecule has 1 aromatic rings. The van der Waals surface area contributed by atoms with E-state index in [4.69, 9.17) is 9.84 Å². The molecule has 1 aliphatic rings. The molecule has 0 saturated carbocycles. The molecule has 0 unspecified atom stereocenters. The Bertz CT molecular complexity index is 513. The second kappa shape index (κ2) is 5.30. The van der Waals surface area contributed by atoms with Crippen LogP contribution in [0.4, 0.5) is 0 Å². The first kappa shape index (κ1) is 14.0. The Labute approximate surface area is 109 Å². The molecular weight excluding hydrogens is 254 g/mol. The van der Waals surface area contributed by atoms with Crippen LogP contribution in [0.5, 0.6) is 5.75 Å². The van der Waals surface area contributed by atoms with Gasteiger partial charge in [0.05, 0.1) is 12.3 Å². The molecule has 1 saturated heterocycles. The molecular formula is C12H17NO6. The Kier molecular flexibility index (Phi) is 3.91. The summed E-state index contributed by atoms with van der Waals surface area (Å²) in [6, 6.07) is 1.16. The SMILES string of the molecule is CCc1c(O)c(=O)ccn1[C@@H]1O[C@H](CO)[C@H](O)[C@@H]1O. The maximum Gasteiger partial charge on any atom is 0.223 e. The molecule has 7 nitrogen and oxygen atoms in total. The van der Waals surface area contributed by atoms with Crippen molar-refractivity contribution < 1.29 is 25.2 Å². The number of ether oxygens (including phenoxy) is 1. The third-order valence-corrected chi connectivity index (χ3v) is 3.33. The van der Waals surface area contributed by atoms with Gasteiger partial charge in [0.15, 0.2) is 12.0 Å². The summed E-state index contributed by atoms with van der Waals surface area (Å²) in [6.45, 7) is 1.31. The average molecular weight is 271 g/mol. The molecule has 2 rings (SSSR count). The quantitative estimate of drug-likeness (QED) is 0.545. The maximum atomic E-state index is 11.4. The van der Waals surface area contributed by atoms with E-state index in [0.717, 1.165) is 6.07 Å². The third-order valence-electron chi connectivity index (χ3n) is 3.33. The standard InChI is InChI=1S/C12H17NO6/c1-2-6-9(16)7(15)3-4-13(6)12-11(18)10(17)8(5-14)19-12/h3-4,8,10-12,14,16-18H,2,5H2,1H3/t8-,10+,11+,12-/m1/s1. The minimum absolute atomic E-state index is 0.308. The Balaban J connectivity index is 2.43. The zero-order valence-electron chi connectivity index (χ0n) is 10.4. The van der Waals surface area contributed by atoms with Gasteiger partial charge >= 0.3 is 0 Å². The Morgan fingerprint density at radius 3 is 2.58 bits per heavy atom. The summed E-state index contributed by atoms with van der Waals surface area (Å²) < 4.78 is 6.76. The van der Waals surface area contributed by atoms with Crippen LogP contribution in [0, 0.1) is 0 Å². The zero-order valence-corrected chi connectivity index (χ0v) is 10.4. The van der Waals surface area contributed by atoms with Gasteiger partial charge in [-0.2, -0.15) is 0 Å². The van der Waals surface area contributed by atoms with Gasteiger partial charge in [0.2, 0.25) is 5.43 Å². The normalized spacial score (nSPS) is 30.7. The van der Waals surface area contributed by atoms with Crippen molar-refractivity contribution in [1.29, 1.82) is 0 Å². The highest BCUT2D eigenvalue weighted by Gasteiger charge is 2.43. The first-order valence-electron chi connectivity index (χ1n) is 6.06. The Morgan fingerprint density at radius 2 is 2.05 bits per heavy atom. The fourth-order valence-corrected chi connectivity index (χ4v) is 2.28. The van der Waals surface area contributed by atoms with E-state index in [0.29, 0.717) is 12.1 Å². The van der Waals surface area contributed by atoms with Crippen LogP contribution < -0.4 is 5.43 Å². The van der Waals surface area contributed by atoms with Gasteiger partial charge in [-0.1, -0.05) is 6.92 Å². The summed E-state index contributed by atoms with van der Waals surface area (Å²) >= 11 is 0. The van der Waals surface area contributed by atoms with Crippen molar-refractivity contribution in [3.63, 3.8) is 0 Å². The van der Waals surface area contributed by atoms with Crippen molar-refractivity contribution in [3.05, 3.63) is 28.2 Å². The summed E-state index contributed by atoms with van der Waals surface area (Å²) in [5.41, 5.74) is -0.206. The third kappa shape index (κ3) is 2.25. The number of aromatic hydroxyl groups is 1. The largest absolute Gasteiger partial charge is 0.503 e. The fourth-order valence-electron chi connectivity index (χ4n) is 2.28. The molecule has 7 heteroatoms. The number of aromatic nitrogens is 1. The van der Waals surface area contributed by atoms with Gasteiger partial charge in [0, 0.05) is 12.3 Å². The van der Waals surface area contributed by atoms with Crippen molar-refractivity contribution in [2.75, 3.05) is 6.61 Å². The van der Waals surface area contributed by atoms with Crippen LogP contribution in [0.15, 0.2) is 17.1 Å². The molecule has 0 spiro atoms. The highest BCUT2D eigenvalue weighted by atomic mass is 16.6. The summed E-state index contributed by atoms with van der Waals surface area (Å²) in [6.07, 6.45) is -2.57. The maximum absolute atomic E-state index is 11.4. The van der Waals surface area contributed by atoms with E-state index in [1.54, 1.807) is 6.92 Å². The van der Waals surface area contributed by atoms with Crippen molar-refractivity contribution in [2.45, 2.75) is 37.9 Å². The predicted octanol–water partition coefficient (Wildman–Crippen LogP) is -1.27. The van der Waals surface area contributed by atoms with Gasteiger partial charge in [-0.25, -0.2) is 0 Å². The summed E-state index contributed by atoms with van der Waals surface area (Å²) in [7, 11) is 0. The first-order chi connectivity index (χ1) is 9.01. The van der Waals surface area contributed by atoms with Crippen LogP contribution >= 0.6 is 0 Å². The molecule has 2 heterocycles. The van der Waals surface area contributed by atoms with E-state index in [9.17, 15) is 20.1 Å². The van der Waals surface area contributed by atoms with Gasteiger partial charge in [-0.3, -0.25) is 4.79 Å². The lowest BCUT2D eigenvalue weighted by Crippen LogP contribution is -2.33. The van der Waals surface area contributed by atoms with E-state index >= 15 is 0 Å². The molecule has 0 aromatic carbocycles. The molecule has 1 aromatic heterocycles. The lowest BCUT2D eigenvalue weighted by Gasteiger charge is -2.22. The molecule has 1 aliphatic heterocycles. The minimum atomic E-state index is -1.25. The zero-order chi connectivity index (χ0) is 14.2. The van der Waals surface area contributed by atoms with Gasteiger partial charge < -0.3 is 29.7 Å². The molecule has 4 N–H and O–H groups in total. The van der Waals surface area contributed by atoms with E-state index in [-0.39, 0.29) is 0 Å². The van der Waals surface area contributed by atoms with Crippen molar-refractivity contribution in [2.24, 2.45) is 0 Å². The van der Waals surface area contributed by atoms with Gasteiger partial charge in [0.1, 0.15) is 18.3 Å². The highest BCUT2D eigenvalue weighted by molar-refractivity contribution is 5.27. The molecule has 1 fully saturated rings. The molecule has 19 heavy (non-hydrogen) atoms. The number of rotatable bonds is 3. The summed E-state index contributed by atoms with van der Waals surface area (Å²) in [5, 5.41) is 38.4. The highest BCUT2D eigenvalue weighted by Crippen LogP contribution is 2.31. The van der Waals surface area contributed by atoms with Crippen LogP contribution in [0.25, 0.3) is 0 Å². The lowest BCUT2D eigenvalue weighted by atomic mass is 10.1. The number of hydrogen-bond donors (Lipinski definition) is 4. The minimum Gasteiger partial charge on any atom is -0.503 e. The number of aliphatic hydroxyl groups excluding tert-OH is 3. The molecule has 106 valence electrons. The van der Waals surface area contributed by atoms with Crippen LogP contribution in [-0.4, -0.2) is 49.9 Å². The predicted molar refractivity (Wildman–Crippen MR) is 64.8 cm³/mol. The molecule has 0 bridgehead atoms. The first-order valence-corrected chi connectivity index (χ1v) is 6.06. The molecule has 0 radical (unpaired) electrons. The van der Waals surface area contributed by atoms with Gasteiger partial charge in [-0.15, -0.1) is 0 Å². The average Bonchev–Trinajstić information content (AvgIpc) is 2.69. The van der Waals surface area contributed by atoms with Gasteiger partial charge in [0.25, 0.3) is 0 Å². The Hall–Kier alpha value is -1.41. The number of aliphatic hydroxyl groups is 3. The summed E-state index contributed by atoms with van der Waals surface area (Å²) in [5.74, 6) is -0.400. The smallest absolute Gasteiger partial charge is 0.223 e. The van der Waals surface area contributed by atoms with Crippen LogP contribution in [0.2, 0.25) is 0 Å².